The van der Waals surface area contributed by atoms with Crippen LogP contribution in [0.15, 0.2) is 47.4 Å². The highest BCUT2D eigenvalue weighted by molar-refractivity contribution is 7.89. The summed E-state index contributed by atoms with van der Waals surface area (Å²) in [6.07, 6.45) is 1.78. The van der Waals surface area contributed by atoms with Crippen LogP contribution in [0, 0.1) is 11.3 Å². The zero-order valence-corrected chi connectivity index (χ0v) is 13.3. The maximum absolute atomic E-state index is 12.6. The van der Waals surface area contributed by atoms with Crippen molar-refractivity contribution in [2.24, 2.45) is 0 Å². The topological polar surface area (TPSA) is 81.4 Å². The van der Waals surface area contributed by atoms with E-state index in [9.17, 15) is 13.5 Å². The van der Waals surface area contributed by atoms with E-state index in [1.807, 2.05) is 6.07 Å². The van der Waals surface area contributed by atoms with Crippen LogP contribution in [0.1, 0.15) is 18.4 Å². The Morgan fingerprint density at radius 1 is 1.04 bits per heavy atom. The molecular weight excluding hydrogens is 312 g/mol. The highest BCUT2D eigenvalue weighted by Gasteiger charge is 2.27. The first-order valence-electron chi connectivity index (χ1n) is 7.36. The number of phenolic OH excluding ortho intramolecular Hbond substituents is 1. The maximum atomic E-state index is 12.6. The summed E-state index contributed by atoms with van der Waals surface area (Å²) in [4.78, 5) is 0.251. The molecule has 23 heavy (non-hydrogen) atoms. The molecule has 1 saturated heterocycles. The minimum atomic E-state index is -3.47. The zero-order chi connectivity index (χ0) is 16.4. The molecule has 1 aliphatic heterocycles. The van der Waals surface area contributed by atoms with E-state index in [4.69, 9.17) is 5.26 Å². The molecular formula is C17H16N2O3S. The van der Waals surface area contributed by atoms with Crippen molar-refractivity contribution in [1.82, 2.24) is 4.31 Å². The first-order chi connectivity index (χ1) is 11.0. The molecule has 0 radical (unpaired) electrons. The van der Waals surface area contributed by atoms with Crippen LogP contribution in [0.25, 0.3) is 11.1 Å². The summed E-state index contributed by atoms with van der Waals surface area (Å²) in [5.41, 5.74) is 1.54. The zero-order valence-electron chi connectivity index (χ0n) is 12.4. The molecule has 0 amide bonds. The maximum Gasteiger partial charge on any atom is 0.243 e. The molecule has 0 saturated carbocycles. The molecule has 0 bridgehead atoms. The van der Waals surface area contributed by atoms with E-state index in [0.717, 1.165) is 12.8 Å². The average molecular weight is 328 g/mol. The van der Waals surface area contributed by atoms with E-state index in [1.165, 1.54) is 16.4 Å². The first-order valence-corrected chi connectivity index (χ1v) is 8.80. The molecule has 2 aromatic rings. The quantitative estimate of drug-likeness (QED) is 0.939. The van der Waals surface area contributed by atoms with Gasteiger partial charge in [0.25, 0.3) is 0 Å². The molecule has 118 valence electrons. The van der Waals surface area contributed by atoms with Crippen LogP contribution >= 0.6 is 0 Å². The third-order valence-electron chi connectivity index (χ3n) is 3.99. The number of aromatic hydroxyl groups is 1. The highest BCUT2D eigenvalue weighted by atomic mass is 32.2. The number of sulfonamides is 1. The van der Waals surface area contributed by atoms with Crippen molar-refractivity contribution in [3.8, 4) is 22.9 Å². The van der Waals surface area contributed by atoms with Gasteiger partial charge in [0.2, 0.25) is 10.0 Å². The number of phenols is 1. The summed E-state index contributed by atoms with van der Waals surface area (Å²) in [5.74, 6) is -0.113. The van der Waals surface area contributed by atoms with Crippen LogP contribution in [0.4, 0.5) is 0 Å². The molecule has 0 spiro atoms. The molecule has 0 atom stereocenters. The molecule has 3 rings (SSSR count). The molecule has 1 fully saturated rings. The number of benzene rings is 2. The van der Waals surface area contributed by atoms with Gasteiger partial charge in [-0.25, -0.2) is 8.42 Å². The molecule has 1 heterocycles. The lowest BCUT2D eigenvalue weighted by molar-refractivity contribution is 0.474. The van der Waals surface area contributed by atoms with Crippen molar-refractivity contribution >= 4 is 10.0 Å². The van der Waals surface area contributed by atoms with Gasteiger partial charge in [0, 0.05) is 13.1 Å². The molecule has 0 aliphatic carbocycles. The average Bonchev–Trinajstić information content (AvgIpc) is 3.10. The minimum Gasteiger partial charge on any atom is -0.507 e. The number of hydrogen-bond acceptors (Lipinski definition) is 4. The summed E-state index contributed by atoms with van der Waals surface area (Å²) in [6, 6.07) is 13.2. The van der Waals surface area contributed by atoms with Gasteiger partial charge in [-0.05, 0) is 48.2 Å². The van der Waals surface area contributed by atoms with Gasteiger partial charge >= 0.3 is 0 Å². The highest BCUT2D eigenvalue weighted by Crippen LogP contribution is 2.29. The minimum absolute atomic E-state index is 0.113. The van der Waals surface area contributed by atoms with Gasteiger partial charge in [0.1, 0.15) is 11.8 Å². The number of hydrogen-bond donors (Lipinski definition) is 1. The smallest absolute Gasteiger partial charge is 0.243 e. The van der Waals surface area contributed by atoms with E-state index in [2.05, 4.69) is 0 Å². The second kappa shape index (κ2) is 6.03. The predicted molar refractivity (Wildman–Crippen MR) is 86.3 cm³/mol. The number of rotatable bonds is 3. The van der Waals surface area contributed by atoms with E-state index >= 15 is 0 Å². The van der Waals surface area contributed by atoms with Crippen LogP contribution < -0.4 is 0 Å². The molecule has 0 aromatic heterocycles. The van der Waals surface area contributed by atoms with Gasteiger partial charge in [0.05, 0.1) is 10.5 Å². The van der Waals surface area contributed by atoms with Crippen molar-refractivity contribution < 1.29 is 13.5 Å². The Bertz CT molecular complexity index is 879. The van der Waals surface area contributed by atoms with Crippen molar-refractivity contribution in [3.05, 3.63) is 48.0 Å². The Morgan fingerprint density at radius 2 is 1.74 bits per heavy atom. The molecule has 1 N–H and O–H groups in total. The lowest BCUT2D eigenvalue weighted by Gasteiger charge is -2.16. The third kappa shape index (κ3) is 2.93. The van der Waals surface area contributed by atoms with Gasteiger partial charge < -0.3 is 5.11 Å². The van der Waals surface area contributed by atoms with Gasteiger partial charge in [-0.3, -0.25) is 0 Å². The summed E-state index contributed by atoms with van der Waals surface area (Å²) in [7, 11) is -3.47. The van der Waals surface area contributed by atoms with Gasteiger partial charge in [-0.1, -0.05) is 18.2 Å². The monoisotopic (exact) mass is 328 g/mol. The fourth-order valence-electron chi connectivity index (χ4n) is 2.72. The number of nitriles is 1. The molecule has 5 nitrogen and oxygen atoms in total. The summed E-state index contributed by atoms with van der Waals surface area (Å²) >= 11 is 0. The van der Waals surface area contributed by atoms with Gasteiger partial charge in [0.15, 0.2) is 0 Å². The molecule has 6 heteroatoms. The standard InChI is InChI=1S/C17H16N2O3S/c18-12-15-7-6-14(11-17(15)20)13-4-3-5-16(10-13)23(21,22)19-8-1-2-9-19/h3-7,10-11,20H,1-2,8-9H2. The van der Waals surface area contributed by atoms with E-state index in [-0.39, 0.29) is 16.2 Å². The molecule has 0 unspecified atom stereocenters. The van der Waals surface area contributed by atoms with Gasteiger partial charge in [-0.2, -0.15) is 9.57 Å². The fourth-order valence-corrected chi connectivity index (χ4v) is 4.28. The van der Waals surface area contributed by atoms with Crippen molar-refractivity contribution in [2.75, 3.05) is 13.1 Å². The molecule has 2 aromatic carbocycles. The first kappa shape index (κ1) is 15.5. The van der Waals surface area contributed by atoms with Crippen molar-refractivity contribution in [1.29, 1.82) is 5.26 Å². The Balaban J connectivity index is 2.00. The second-order valence-corrected chi connectivity index (χ2v) is 7.42. The lowest BCUT2D eigenvalue weighted by Crippen LogP contribution is -2.27. The fraction of sp³-hybridized carbons (Fsp3) is 0.235. The third-order valence-corrected chi connectivity index (χ3v) is 5.88. The summed E-state index contributed by atoms with van der Waals surface area (Å²) in [5, 5.41) is 18.7. The van der Waals surface area contributed by atoms with Crippen molar-refractivity contribution in [2.45, 2.75) is 17.7 Å². The summed E-state index contributed by atoms with van der Waals surface area (Å²) < 4.78 is 26.7. The Hall–Kier alpha value is -2.36. The Labute approximate surface area is 135 Å². The van der Waals surface area contributed by atoms with Crippen molar-refractivity contribution in [3.63, 3.8) is 0 Å². The number of nitrogens with zero attached hydrogens (tertiary/aromatic N) is 2. The summed E-state index contributed by atoms with van der Waals surface area (Å²) in [6.45, 7) is 1.12. The predicted octanol–water partition coefficient (Wildman–Crippen LogP) is 2.72. The van der Waals surface area contributed by atoms with Crippen LogP contribution in [-0.4, -0.2) is 30.9 Å². The largest absolute Gasteiger partial charge is 0.507 e. The Kier molecular flexibility index (Phi) is 4.07. The van der Waals surface area contributed by atoms with Crippen LogP contribution in [0.5, 0.6) is 5.75 Å². The van der Waals surface area contributed by atoms with E-state index in [1.54, 1.807) is 30.3 Å². The van der Waals surface area contributed by atoms with Gasteiger partial charge in [-0.15, -0.1) is 0 Å². The Morgan fingerprint density at radius 3 is 2.39 bits per heavy atom. The lowest BCUT2D eigenvalue weighted by atomic mass is 10.0. The SMILES string of the molecule is N#Cc1ccc(-c2cccc(S(=O)(=O)N3CCCC3)c2)cc1O. The van der Waals surface area contributed by atoms with E-state index < -0.39 is 10.0 Å². The second-order valence-electron chi connectivity index (χ2n) is 5.48. The van der Waals surface area contributed by atoms with Crippen LogP contribution in [0.3, 0.4) is 0 Å². The molecule has 1 aliphatic rings. The van der Waals surface area contributed by atoms with Crippen LogP contribution in [0.2, 0.25) is 0 Å². The van der Waals surface area contributed by atoms with Crippen LogP contribution in [-0.2, 0) is 10.0 Å². The normalized spacial score (nSPS) is 15.4. The van der Waals surface area contributed by atoms with E-state index in [0.29, 0.717) is 24.2 Å².